The highest BCUT2D eigenvalue weighted by Crippen LogP contribution is 2.33. The Hall–Kier alpha value is -2.45. The number of ether oxygens (including phenoxy) is 2. The summed E-state index contributed by atoms with van der Waals surface area (Å²) in [5.74, 6) is 0.566. The number of carbonyl (C=O) groups excluding carboxylic acids is 2. The summed E-state index contributed by atoms with van der Waals surface area (Å²) in [6.45, 7) is 2.51. The number of fused-ring (bicyclic) bond motifs is 1. The van der Waals surface area contributed by atoms with E-state index in [1.165, 1.54) is 11.3 Å². The van der Waals surface area contributed by atoms with Crippen molar-refractivity contribution in [3.8, 4) is 17.0 Å². The minimum Gasteiger partial charge on any atom is -0.482 e. The maximum atomic E-state index is 12.3. The molecule has 1 saturated heterocycles. The van der Waals surface area contributed by atoms with Crippen LogP contribution in [0.2, 0.25) is 0 Å². The Morgan fingerprint density at radius 2 is 2.16 bits per heavy atom. The van der Waals surface area contributed by atoms with Crippen LogP contribution in [0.3, 0.4) is 0 Å². The Labute approximate surface area is 148 Å². The van der Waals surface area contributed by atoms with Gasteiger partial charge in [-0.25, -0.2) is 4.98 Å². The molecule has 130 valence electrons. The second-order valence-corrected chi connectivity index (χ2v) is 6.79. The monoisotopic (exact) mass is 359 g/mol. The first-order valence-electron chi connectivity index (χ1n) is 8.06. The number of hydrogen-bond donors (Lipinski definition) is 1. The lowest BCUT2D eigenvalue weighted by Gasteiger charge is -2.26. The van der Waals surface area contributed by atoms with E-state index in [2.05, 4.69) is 10.3 Å². The van der Waals surface area contributed by atoms with E-state index in [1.54, 1.807) is 0 Å². The fraction of sp³-hybridized carbons (Fsp3) is 0.353. The molecule has 0 unspecified atom stereocenters. The lowest BCUT2D eigenvalue weighted by atomic mass is 10.1. The van der Waals surface area contributed by atoms with Gasteiger partial charge in [-0.05, 0) is 18.2 Å². The third-order valence-corrected chi connectivity index (χ3v) is 4.97. The maximum Gasteiger partial charge on any atom is 0.262 e. The molecule has 8 heteroatoms. The molecule has 1 aromatic heterocycles. The van der Waals surface area contributed by atoms with Gasteiger partial charge in [-0.2, -0.15) is 0 Å². The van der Waals surface area contributed by atoms with Crippen LogP contribution >= 0.6 is 11.3 Å². The normalized spacial score (nSPS) is 16.8. The summed E-state index contributed by atoms with van der Waals surface area (Å²) in [7, 11) is 0. The number of morpholine rings is 1. The maximum absolute atomic E-state index is 12.3. The van der Waals surface area contributed by atoms with Crippen LogP contribution in [0, 0.1) is 0 Å². The van der Waals surface area contributed by atoms with Crippen molar-refractivity contribution in [3.63, 3.8) is 0 Å². The molecule has 0 bridgehead atoms. The first-order chi connectivity index (χ1) is 12.2. The summed E-state index contributed by atoms with van der Waals surface area (Å²) in [4.78, 5) is 30.1. The molecule has 1 fully saturated rings. The Bertz CT molecular complexity index is 814. The van der Waals surface area contributed by atoms with E-state index in [1.807, 2.05) is 28.5 Å². The summed E-state index contributed by atoms with van der Waals surface area (Å²) in [6.07, 6.45) is 0.301. The van der Waals surface area contributed by atoms with Gasteiger partial charge in [0.2, 0.25) is 5.91 Å². The van der Waals surface area contributed by atoms with Gasteiger partial charge in [0, 0.05) is 24.0 Å². The van der Waals surface area contributed by atoms with Crippen molar-refractivity contribution >= 4 is 28.8 Å². The Balaban J connectivity index is 1.48. The summed E-state index contributed by atoms with van der Waals surface area (Å²) in [6, 6.07) is 5.57. The van der Waals surface area contributed by atoms with Gasteiger partial charge in [0.25, 0.3) is 5.91 Å². The summed E-state index contributed by atoms with van der Waals surface area (Å²) >= 11 is 1.47. The van der Waals surface area contributed by atoms with Crippen molar-refractivity contribution in [2.45, 2.75) is 6.42 Å². The molecular formula is C17H17N3O4S. The third-order valence-electron chi connectivity index (χ3n) is 4.13. The lowest BCUT2D eigenvalue weighted by Crippen LogP contribution is -2.41. The first-order valence-corrected chi connectivity index (χ1v) is 8.94. The summed E-state index contributed by atoms with van der Waals surface area (Å²) < 4.78 is 10.6. The predicted octanol–water partition coefficient (Wildman–Crippen LogP) is 1.54. The third kappa shape index (κ3) is 3.49. The Morgan fingerprint density at radius 1 is 1.32 bits per heavy atom. The molecule has 2 aliphatic rings. The number of rotatable bonds is 3. The number of benzene rings is 1. The number of thiazole rings is 1. The fourth-order valence-electron chi connectivity index (χ4n) is 2.82. The highest BCUT2D eigenvalue weighted by Gasteiger charge is 2.20. The molecule has 2 aliphatic heterocycles. The lowest BCUT2D eigenvalue weighted by molar-refractivity contribution is -0.134. The largest absolute Gasteiger partial charge is 0.482 e. The Morgan fingerprint density at radius 3 is 3.00 bits per heavy atom. The van der Waals surface area contributed by atoms with E-state index in [4.69, 9.17) is 9.47 Å². The zero-order chi connectivity index (χ0) is 17.2. The topological polar surface area (TPSA) is 80.8 Å². The van der Waals surface area contributed by atoms with Crippen molar-refractivity contribution < 1.29 is 19.1 Å². The van der Waals surface area contributed by atoms with E-state index >= 15 is 0 Å². The van der Waals surface area contributed by atoms with Crippen LogP contribution in [0.25, 0.3) is 11.3 Å². The number of anilines is 1. The van der Waals surface area contributed by atoms with E-state index in [9.17, 15) is 9.59 Å². The number of carbonyl (C=O) groups is 2. The van der Waals surface area contributed by atoms with Crippen LogP contribution in [0.1, 0.15) is 5.01 Å². The van der Waals surface area contributed by atoms with Gasteiger partial charge in [-0.3, -0.25) is 9.59 Å². The molecular weight excluding hydrogens is 342 g/mol. The summed E-state index contributed by atoms with van der Waals surface area (Å²) in [5.41, 5.74) is 2.32. The van der Waals surface area contributed by atoms with E-state index in [0.29, 0.717) is 44.2 Å². The van der Waals surface area contributed by atoms with Crippen LogP contribution in [0.15, 0.2) is 23.6 Å². The van der Waals surface area contributed by atoms with Gasteiger partial charge in [-0.15, -0.1) is 11.3 Å². The van der Waals surface area contributed by atoms with Gasteiger partial charge < -0.3 is 19.7 Å². The number of hydrogen-bond acceptors (Lipinski definition) is 6. The van der Waals surface area contributed by atoms with Gasteiger partial charge in [0.1, 0.15) is 10.8 Å². The molecule has 0 saturated carbocycles. The average molecular weight is 359 g/mol. The van der Waals surface area contributed by atoms with Crippen molar-refractivity contribution in [1.29, 1.82) is 0 Å². The second kappa shape index (κ2) is 6.81. The van der Waals surface area contributed by atoms with E-state index in [-0.39, 0.29) is 18.4 Å². The standard InChI is InChI=1S/C17H17N3O4S/c21-15-9-24-14-2-1-11(7-12(14)18-15)13-10-25-16(19-13)8-17(22)20-3-5-23-6-4-20/h1-2,7,10H,3-6,8-9H2,(H,18,21). The molecule has 0 aliphatic carbocycles. The number of amides is 2. The smallest absolute Gasteiger partial charge is 0.262 e. The molecule has 2 aromatic rings. The van der Waals surface area contributed by atoms with Gasteiger partial charge in [0.15, 0.2) is 6.61 Å². The van der Waals surface area contributed by atoms with Crippen molar-refractivity contribution in [1.82, 2.24) is 9.88 Å². The number of nitrogens with zero attached hydrogens (tertiary/aromatic N) is 2. The van der Waals surface area contributed by atoms with Gasteiger partial charge >= 0.3 is 0 Å². The molecule has 7 nitrogen and oxygen atoms in total. The molecule has 0 spiro atoms. The second-order valence-electron chi connectivity index (χ2n) is 5.84. The Kier molecular flexibility index (Phi) is 4.37. The molecule has 2 amide bonds. The van der Waals surface area contributed by atoms with Crippen LogP contribution in [0.5, 0.6) is 5.75 Å². The van der Waals surface area contributed by atoms with Crippen molar-refractivity contribution in [2.75, 3.05) is 38.2 Å². The molecule has 3 heterocycles. The predicted molar refractivity (Wildman–Crippen MR) is 92.8 cm³/mol. The molecule has 1 N–H and O–H groups in total. The number of nitrogens with one attached hydrogen (secondary N) is 1. The van der Waals surface area contributed by atoms with Gasteiger partial charge in [-0.1, -0.05) is 0 Å². The molecule has 4 rings (SSSR count). The molecule has 25 heavy (non-hydrogen) atoms. The average Bonchev–Trinajstić information content (AvgIpc) is 3.10. The zero-order valence-corrected chi connectivity index (χ0v) is 14.3. The molecule has 1 aromatic carbocycles. The van der Waals surface area contributed by atoms with E-state index < -0.39 is 0 Å². The summed E-state index contributed by atoms with van der Waals surface area (Å²) in [5, 5.41) is 5.50. The zero-order valence-electron chi connectivity index (χ0n) is 13.5. The number of aromatic nitrogens is 1. The first kappa shape index (κ1) is 16.0. The van der Waals surface area contributed by atoms with Crippen LogP contribution in [0.4, 0.5) is 5.69 Å². The van der Waals surface area contributed by atoms with Crippen LogP contribution in [-0.4, -0.2) is 54.6 Å². The minimum absolute atomic E-state index is 0.0385. The van der Waals surface area contributed by atoms with E-state index in [0.717, 1.165) is 16.3 Å². The van der Waals surface area contributed by atoms with Crippen molar-refractivity contribution in [3.05, 3.63) is 28.6 Å². The quantitative estimate of drug-likeness (QED) is 0.899. The minimum atomic E-state index is -0.167. The van der Waals surface area contributed by atoms with Crippen LogP contribution in [-0.2, 0) is 20.7 Å². The van der Waals surface area contributed by atoms with Crippen molar-refractivity contribution in [2.24, 2.45) is 0 Å². The van der Waals surface area contributed by atoms with Crippen LogP contribution < -0.4 is 10.1 Å². The molecule has 0 atom stereocenters. The highest BCUT2D eigenvalue weighted by molar-refractivity contribution is 7.10. The van der Waals surface area contributed by atoms with Gasteiger partial charge in [0.05, 0.1) is 31.0 Å². The fourth-order valence-corrected chi connectivity index (χ4v) is 3.62. The molecule has 0 radical (unpaired) electrons. The highest BCUT2D eigenvalue weighted by atomic mass is 32.1. The SMILES string of the molecule is O=C1COc2ccc(-c3csc(CC(=O)N4CCOCC4)n3)cc2N1.